The summed E-state index contributed by atoms with van der Waals surface area (Å²) in [5, 5.41) is 14.1. The fraction of sp³-hybridized carbons (Fsp3) is 0.538. The van der Waals surface area contributed by atoms with E-state index in [2.05, 4.69) is 5.32 Å². The van der Waals surface area contributed by atoms with Crippen LogP contribution in [0.15, 0.2) is 18.2 Å². The summed E-state index contributed by atoms with van der Waals surface area (Å²) >= 11 is 0. The lowest BCUT2D eigenvalue weighted by molar-refractivity contribution is -0.384. The Balaban J connectivity index is 2.28. The minimum Gasteiger partial charge on any atom is -0.363 e. The van der Waals surface area contributed by atoms with Crippen LogP contribution >= 0.6 is 0 Å². The van der Waals surface area contributed by atoms with Gasteiger partial charge >= 0.3 is 0 Å². The Bertz CT molecular complexity index is 465. The van der Waals surface area contributed by atoms with Crippen molar-refractivity contribution in [3.63, 3.8) is 0 Å². The topological polar surface area (TPSA) is 58.4 Å². The molecule has 1 unspecified atom stereocenters. The third-order valence-corrected chi connectivity index (χ3v) is 3.49. The van der Waals surface area contributed by atoms with Crippen LogP contribution in [0.2, 0.25) is 0 Å². The van der Waals surface area contributed by atoms with E-state index >= 15 is 0 Å². The molecule has 0 spiro atoms. The highest BCUT2D eigenvalue weighted by atomic mass is 19.1. The summed E-state index contributed by atoms with van der Waals surface area (Å²) in [6, 6.07) is 4.02. The normalized spacial score (nSPS) is 19.5. The smallest absolute Gasteiger partial charge is 0.295 e. The Morgan fingerprint density at radius 3 is 3.05 bits per heavy atom. The maximum absolute atomic E-state index is 13.9. The highest BCUT2D eigenvalue weighted by Gasteiger charge is 2.27. The molecule has 1 heterocycles. The first-order valence-corrected chi connectivity index (χ1v) is 6.46. The number of rotatable bonds is 4. The van der Waals surface area contributed by atoms with Crippen LogP contribution in [0.1, 0.15) is 12.8 Å². The van der Waals surface area contributed by atoms with Crippen LogP contribution in [-0.2, 0) is 0 Å². The molecule has 0 radical (unpaired) electrons. The van der Waals surface area contributed by atoms with Crippen molar-refractivity contribution in [1.29, 1.82) is 0 Å². The number of anilines is 1. The summed E-state index contributed by atoms with van der Waals surface area (Å²) in [7, 11) is 1.88. The van der Waals surface area contributed by atoms with Gasteiger partial charge in [-0.25, -0.2) is 4.39 Å². The molecule has 1 aromatic rings. The number of halogens is 1. The fourth-order valence-electron chi connectivity index (χ4n) is 2.69. The van der Waals surface area contributed by atoms with E-state index in [1.807, 2.05) is 7.05 Å². The van der Waals surface area contributed by atoms with Crippen molar-refractivity contribution >= 4 is 11.4 Å². The van der Waals surface area contributed by atoms with Crippen molar-refractivity contribution in [2.24, 2.45) is 5.92 Å². The average molecular weight is 267 g/mol. The first-order chi connectivity index (χ1) is 9.13. The fourth-order valence-corrected chi connectivity index (χ4v) is 2.69. The van der Waals surface area contributed by atoms with E-state index in [9.17, 15) is 14.5 Å². The molecule has 0 saturated carbocycles. The molecule has 1 N–H and O–H groups in total. The monoisotopic (exact) mass is 267 g/mol. The van der Waals surface area contributed by atoms with Crippen LogP contribution in [-0.4, -0.2) is 31.6 Å². The molecule has 1 aromatic carbocycles. The van der Waals surface area contributed by atoms with Gasteiger partial charge in [-0.2, -0.15) is 0 Å². The van der Waals surface area contributed by atoms with Gasteiger partial charge in [0, 0.05) is 19.2 Å². The number of nitro benzene ring substituents is 1. The number of para-hydroxylation sites is 1. The van der Waals surface area contributed by atoms with Crippen LogP contribution in [0.25, 0.3) is 0 Å². The van der Waals surface area contributed by atoms with Gasteiger partial charge in [0.25, 0.3) is 5.69 Å². The lowest BCUT2D eigenvalue weighted by Gasteiger charge is -2.34. The second-order valence-electron chi connectivity index (χ2n) is 4.88. The molecule has 0 bridgehead atoms. The van der Waals surface area contributed by atoms with Crippen molar-refractivity contribution in [1.82, 2.24) is 5.32 Å². The van der Waals surface area contributed by atoms with Crippen molar-refractivity contribution in [3.8, 4) is 0 Å². The van der Waals surface area contributed by atoms with E-state index < -0.39 is 10.7 Å². The van der Waals surface area contributed by atoms with Gasteiger partial charge in [0.05, 0.1) is 4.92 Å². The Hall–Kier alpha value is -1.69. The van der Waals surface area contributed by atoms with Crippen molar-refractivity contribution in [2.75, 3.05) is 31.6 Å². The lowest BCUT2D eigenvalue weighted by atomic mass is 9.97. The molecule has 5 nitrogen and oxygen atoms in total. The predicted molar refractivity (Wildman–Crippen MR) is 71.9 cm³/mol. The molecular weight excluding hydrogens is 249 g/mol. The van der Waals surface area contributed by atoms with Crippen LogP contribution in [0.5, 0.6) is 0 Å². The number of piperidine rings is 1. The molecule has 1 atom stereocenters. The second-order valence-corrected chi connectivity index (χ2v) is 4.88. The molecular formula is C13H18FN3O2. The van der Waals surface area contributed by atoms with Crippen LogP contribution in [0, 0.1) is 21.8 Å². The predicted octanol–water partition coefficient (Wildman–Crippen LogP) is 2.17. The van der Waals surface area contributed by atoms with Gasteiger partial charge in [0.2, 0.25) is 0 Å². The van der Waals surface area contributed by atoms with E-state index in [-0.39, 0.29) is 11.4 Å². The minimum atomic E-state index is -0.515. The van der Waals surface area contributed by atoms with Crippen LogP contribution < -0.4 is 10.2 Å². The summed E-state index contributed by atoms with van der Waals surface area (Å²) in [6.07, 6.45) is 2.00. The summed E-state index contributed by atoms with van der Waals surface area (Å²) in [5.41, 5.74) is -0.0154. The molecule has 0 aromatic heterocycles. The van der Waals surface area contributed by atoms with Gasteiger partial charge in [-0.15, -0.1) is 0 Å². The lowest BCUT2D eigenvalue weighted by Crippen LogP contribution is -2.39. The SMILES string of the molecule is CNCC1CCCN(c2c(F)cccc2[N+](=O)[O-])C1. The standard InChI is InChI=1S/C13H18FN3O2/c1-15-8-10-4-3-7-16(9-10)13-11(14)5-2-6-12(13)17(18)19/h2,5-6,10,15H,3-4,7-9H2,1H3. The van der Waals surface area contributed by atoms with Crippen molar-refractivity contribution < 1.29 is 9.31 Å². The number of nitrogens with one attached hydrogen (secondary N) is 1. The molecule has 1 saturated heterocycles. The molecule has 0 amide bonds. The molecule has 2 rings (SSSR count). The van der Waals surface area contributed by atoms with E-state index in [0.29, 0.717) is 19.0 Å². The maximum Gasteiger partial charge on any atom is 0.295 e. The zero-order chi connectivity index (χ0) is 13.8. The number of nitro groups is 1. The number of hydrogen-bond acceptors (Lipinski definition) is 4. The minimum absolute atomic E-state index is 0.133. The molecule has 19 heavy (non-hydrogen) atoms. The Morgan fingerprint density at radius 1 is 1.58 bits per heavy atom. The molecule has 6 heteroatoms. The summed E-state index contributed by atoms with van der Waals surface area (Å²) in [4.78, 5) is 12.3. The molecule has 1 aliphatic rings. The Kier molecular flexibility index (Phi) is 4.31. The number of nitrogens with zero attached hydrogens (tertiary/aromatic N) is 2. The van der Waals surface area contributed by atoms with Gasteiger partial charge in [0.15, 0.2) is 11.5 Å². The largest absolute Gasteiger partial charge is 0.363 e. The highest BCUT2D eigenvalue weighted by molar-refractivity contribution is 5.64. The number of hydrogen-bond donors (Lipinski definition) is 1. The van der Waals surface area contributed by atoms with Crippen LogP contribution in [0.4, 0.5) is 15.8 Å². The van der Waals surface area contributed by atoms with E-state index in [0.717, 1.165) is 19.4 Å². The molecule has 1 aliphatic heterocycles. The molecule has 0 aliphatic carbocycles. The zero-order valence-corrected chi connectivity index (χ0v) is 10.9. The first-order valence-electron chi connectivity index (χ1n) is 6.46. The van der Waals surface area contributed by atoms with Crippen molar-refractivity contribution in [3.05, 3.63) is 34.1 Å². The van der Waals surface area contributed by atoms with E-state index in [1.165, 1.54) is 18.2 Å². The van der Waals surface area contributed by atoms with Gasteiger partial charge in [-0.3, -0.25) is 10.1 Å². The van der Waals surface area contributed by atoms with Gasteiger partial charge in [-0.05, 0) is 38.4 Å². The third-order valence-electron chi connectivity index (χ3n) is 3.49. The third kappa shape index (κ3) is 3.01. The summed E-state index contributed by atoms with van der Waals surface area (Å²) in [6.45, 7) is 2.17. The van der Waals surface area contributed by atoms with E-state index in [4.69, 9.17) is 0 Å². The Labute approximate surface area is 111 Å². The molecule has 104 valence electrons. The van der Waals surface area contributed by atoms with Crippen molar-refractivity contribution in [2.45, 2.75) is 12.8 Å². The molecule has 1 fully saturated rings. The van der Waals surface area contributed by atoms with E-state index in [1.54, 1.807) is 4.90 Å². The zero-order valence-electron chi connectivity index (χ0n) is 10.9. The second kappa shape index (κ2) is 5.97. The van der Waals surface area contributed by atoms with Gasteiger partial charge in [0.1, 0.15) is 0 Å². The summed E-state index contributed by atoms with van der Waals surface area (Å²) < 4.78 is 13.9. The van der Waals surface area contributed by atoms with Crippen LogP contribution in [0.3, 0.4) is 0 Å². The first kappa shape index (κ1) is 13.7. The maximum atomic E-state index is 13.9. The number of benzene rings is 1. The summed E-state index contributed by atoms with van der Waals surface area (Å²) in [5.74, 6) is -0.114. The Morgan fingerprint density at radius 2 is 2.37 bits per heavy atom. The van der Waals surface area contributed by atoms with Gasteiger partial charge < -0.3 is 10.2 Å². The highest BCUT2D eigenvalue weighted by Crippen LogP contribution is 2.33. The average Bonchev–Trinajstić information content (AvgIpc) is 2.39. The van der Waals surface area contributed by atoms with Gasteiger partial charge in [-0.1, -0.05) is 6.07 Å². The quantitative estimate of drug-likeness (QED) is 0.671.